The first kappa shape index (κ1) is 14.7. The fourth-order valence-corrected chi connectivity index (χ4v) is 2.67. The molecule has 106 valence electrons. The number of carbonyl (C=O) groups is 1. The van der Waals surface area contributed by atoms with Crippen LogP contribution in [0.2, 0.25) is 0 Å². The Balaban J connectivity index is 2.30. The topological polar surface area (TPSA) is 52.1 Å². The SMILES string of the molecule is CCOc1ccc(C(=O)c2snnc2C(C)(C)C)cc1. The highest BCUT2D eigenvalue weighted by Crippen LogP contribution is 2.28. The van der Waals surface area contributed by atoms with E-state index in [4.69, 9.17) is 4.74 Å². The zero-order chi connectivity index (χ0) is 14.8. The van der Waals surface area contributed by atoms with Gasteiger partial charge < -0.3 is 4.74 Å². The Bertz CT molecular complexity index is 597. The Morgan fingerprint density at radius 2 is 1.90 bits per heavy atom. The van der Waals surface area contributed by atoms with E-state index >= 15 is 0 Å². The molecule has 0 unspecified atom stereocenters. The summed E-state index contributed by atoms with van der Waals surface area (Å²) < 4.78 is 9.30. The zero-order valence-electron chi connectivity index (χ0n) is 12.1. The molecule has 1 heterocycles. The minimum atomic E-state index is -0.191. The molecule has 0 fully saturated rings. The van der Waals surface area contributed by atoms with Crippen LogP contribution in [0.15, 0.2) is 24.3 Å². The molecule has 0 aliphatic heterocycles. The summed E-state index contributed by atoms with van der Waals surface area (Å²) in [6, 6.07) is 7.17. The van der Waals surface area contributed by atoms with Crippen molar-refractivity contribution in [3.63, 3.8) is 0 Å². The highest BCUT2D eigenvalue weighted by atomic mass is 32.1. The highest BCUT2D eigenvalue weighted by Gasteiger charge is 2.26. The second-order valence-electron chi connectivity index (χ2n) is 5.49. The van der Waals surface area contributed by atoms with E-state index < -0.39 is 0 Å². The van der Waals surface area contributed by atoms with Crippen molar-refractivity contribution in [2.24, 2.45) is 0 Å². The van der Waals surface area contributed by atoms with E-state index in [-0.39, 0.29) is 11.2 Å². The summed E-state index contributed by atoms with van der Waals surface area (Å²) in [7, 11) is 0. The lowest BCUT2D eigenvalue weighted by Crippen LogP contribution is -2.16. The second-order valence-corrected chi connectivity index (χ2v) is 6.24. The second kappa shape index (κ2) is 5.71. The van der Waals surface area contributed by atoms with Crippen molar-refractivity contribution in [2.45, 2.75) is 33.1 Å². The lowest BCUT2D eigenvalue weighted by molar-refractivity contribution is 0.104. The number of ketones is 1. The van der Waals surface area contributed by atoms with E-state index in [2.05, 4.69) is 9.59 Å². The fourth-order valence-electron chi connectivity index (χ4n) is 1.83. The standard InChI is InChI=1S/C15H18N2O2S/c1-5-19-11-8-6-10(7-9-11)12(18)13-14(15(2,3)4)16-17-20-13/h6-9H,5H2,1-4H3. The van der Waals surface area contributed by atoms with Crippen molar-refractivity contribution in [2.75, 3.05) is 6.61 Å². The molecule has 0 amide bonds. The van der Waals surface area contributed by atoms with E-state index in [1.807, 2.05) is 39.8 Å². The maximum atomic E-state index is 12.5. The molecule has 0 bridgehead atoms. The number of nitrogens with zero attached hydrogens (tertiary/aromatic N) is 2. The van der Waals surface area contributed by atoms with Gasteiger partial charge in [-0.1, -0.05) is 25.3 Å². The van der Waals surface area contributed by atoms with Gasteiger partial charge in [-0.2, -0.15) is 0 Å². The number of hydrogen-bond acceptors (Lipinski definition) is 5. The van der Waals surface area contributed by atoms with Crippen molar-refractivity contribution >= 4 is 17.3 Å². The van der Waals surface area contributed by atoms with Crippen LogP contribution in [-0.2, 0) is 5.41 Å². The molecule has 1 aromatic heterocycles. The first-order chi connectivity index (χ1) is 9.43. The molecule has 20 heavy (non-hydrogen) atoms. The third-order valence-electron chi connectivity index (χ3n) is 2.83. The number of hydrogen-bond donors (Lipinski definition) is 0. The van der Waals surface area contributed by atoms with Crippen LogP contribution < -0.4 is 4.74 Å². The number of carbonyl (C=O) groups excluding carboxylic acids is 1. The molecular formula is C15H18N2O2S. The summed E-state index contributed by atoms with van der Waals surface area (Å²) in [5, 5.41) is 4.10. The summed E-state index contributed by atoms with van der Waals surface area (Å²) >= 11 is 1.15. The summed E-state index contributed by atoms with van der Waals surface area (Å²) in [5.74, 6) is 0.732. The van der Waals surface area contributed by atoms with Gasteiger partial charge in [0.1, 0.15) is 10.6 Å². The number of benzene rings is 1. The summed E-state index contributed by atoms with van der Waals surface area (Å²) in [6.07, 6.45) is 0. The van der Waals surface area contributed by atoms with Gasteiger partial charge in [0.15, 0.2) is 0 Å². The number of ether oxygens (including phenoxy) is 1. The molecule has 2 rings (SSSR count). The summed E-state index contributed by atoms with van der Waals surface area (Å²) in [5.41, 5.74) is 1.19. The third kappa shape index (κ3) is 3.04. The predicted octanol–water partition coefficient (Wildman–Crippen LogP) is 3.47. The van der Waals surface area contributed by atoms with E-state index in [1.54, 1.807) is 12.1 Å². The van der Waals surface area contributed by atoms with Crippen LogP contribution in [0.5, 0.6) is 5.75 Å². The first-order valence-electron chi connectivity index (χ1n) is 6.54. The Kier molecular flexibility index (Phi) is 4.18. The van der Waals surface area contributed by atoms with Gasteiger partial charge in [-0.25, -0.2) is 0 Å². The summed E-state index contributed by atoms with van der Waals surface area (Å²) in [6.45, 7) is 8.62. The quantitative estimate of drug-likeness (QED) is 0.809. The van der Waals surface area contributed by atoms with Crippen LogP contribution in [0, 0.1) is 0 Å². The van der Waals surface area contributed by atoms with Crippen LogP contribution in [0.25, 0.3) is 0 Å². The predicted molar refractivity (Wildman–Crippen MR) is 79.7 cm³/mol. The van der Waals surface area contributed by atoms with Crippen LogP contribution in [0.3, 0.4) is 0 Å². The molecule has 0 aliphatic rings. The molecular weight excluding hydrogens is 272 g/mol. The van der Waals surface area contributed by atoms with Crippen LogP contribution in [0.1, 0.15) is 48.6 Å². The van der Waals surface area contributed by atoms with E-state index in [0.29, 0.717) is 17.0 Å². The molecule has 0 atom stereocenters. The van der Waals surface area contributed by atoms with Crippen LogP contribution in [-0.4, -0.2) is 22.0 Å². The van der Waals surface area contributed by atoms with Crippen molar-refractivity contribution in [3.05, 3.63) is 40.4 Å². The smallest absolute Gasteiger partial charge is 0.206 e. The maximum absolute atomic E-state index is 12.5. The van der Waals surface area contributed by atoms with Gasteiger partial charge in [0.2, 0.25) is 5.78 Å². The van der Waals surface area contributed by atoms with E-state index in [1.165, 1.54) is 0 Å². The Hall–Kier alpha value is -1.75. The van der Waals surface area contributed by atoms with Gasteiger partial charge in [-0.05, 0) is 42.7 Å². The lowest BCUT2D eigenvalue weighted by Gasteiger charge is -2.15. The molecule has 4 nitrogen and oxygen atoms in total. The van der Waals surface area contributed by atoms with Crippen molar-refractivity contribution < 1.29 is 9.53 Å². The zero-order valence-corrected chi connectivity index (χ0v) is 13.0. The summed E-state index contributed by atoms with van der Waals surface area (Å²) in [4.78, 5) is 13.1. The lowest BCUT2D eigenvalue weighted by atomic mass is 9.90. The monoisotopic (exact) mass is 290 g/mol. The minimum absolute atomic E-state index is 0.0343. The number of aromatic nitrogens is 2. The van der Waals surface area contributed by atoms with Crippen molar-refractivity contribution in [1.82, 2.24) is 9.59 Å². The Labute approximate surface area is 123 Å². The maximum Gasteiger partial charge on any atom is 0.206 e. The fraction of sp³-hybridized carbons (Fsp3) is 0.400. The van der Waals surface area contributed by atoms with E-state index in [9.17, 15) is 4.79 Å². The molecule has 1 aromatic carbocycles. The van der Waals surface area contributed by atoms with Crippen molar-refractivity contribution in [3.8, 4) is 5.75 Å². The van der Waals surface area contributed by atoms with Gasteiger partial charge >= 0.3 is 0 Å². The average molecular weight is 290 g/mol. The molecule has 5 heteroatoms. The molecule has 0 aliphatic carbocycles. The van der Waals surface area contributed by atoms with Crippen LogP contribution in [0.4, 0.5) is 0 Å². The Morgan fingerprint density at radius 1 is 1.25 bits per heavy atom. The van der Waals surface area contributed by atoms with Gasteiger partial charge in [0.05, 0.1) is 12.3 Å². The third-order valence-corrected chi connectivity index (χ3v) is 3.56. The average Bonchev–Trinajstić information content (AvgIpc) is 2.88. The van der Waals surface area contributed by atoms with Gasteiger partial charge in [-0.15, -0.1) is 5.10 Å². The molecule has 2 aromatic rings. The largest absolute Gasteiger partial charge is 0.494 e. The minimum Gasteiger partial charge on any atom is -0.494 e. The van der Waals surface area contributed by atoms with Gasteiger partial charge in [0, 0.05) is 11.0 Å². The molecule has 0 saturated carbocycles. The van der Waals surface area contributed by atoms with Crippen molar-refractivity contribution in [1.29, 1.82) is 0 Å². The Morgan fingerprint density at radius 3 is 2.45 bits per heavy atom. The molecule has 0 spiro atoms. The van der Waals surface area contributed by atoms with Crippen LogP contribution >= 0.6 is 11.5 Å². The van der Waals surface area contributed by atoms with E-state index in [0.717, 1.165) is 23.0 Å². The van der Waals surface area contributed by atoms with Gasteiger partial charge in [-0.3, -0.25) is 4.79 Å². The number of rotatable bonds is 4. The molecule has 0 radical (unpaired) electrons. The molecule has 0 saturated heterocycles. The van der Waals surface area contributed by atoms with Gasteiger partial charge in [0.25, 0.3) is 0 Å². The molecule has 0 N–H and O–H groups in total. The normalized spacial score (nSPS) is 11.4. The first-order valence-corrected chi connectivity index (χ1v) is 7.31. The highest BCUT2D eigenvalue weighted by molar-refractivity contribution is 7.08.